The number of anilines is 1. The fourth-order valence-electron chi connectivity index (χ4n) is 1.91. The molecular weight excluding hydrogens is 371 g/mol. The van der Waals surface area contributed by atoms with E-state index in [0.29, 0.717) is 27.5 Å². The summed E-state index contributed by atoms with van der Waals surface area (Å²) in [5, 5.41) is 12.0. The molecule has 0 aliphatic heterocycles. The van der Waals surface area contributed by atoms with E-state index in [1.807, 2.05) is 4.57 Å². The molecule has 0 aliphatic rings. The Balaban J connectivity index is 1.97. The van der Waals surface area contributed by atoms with Crippen molar-refractivity contribution in [2.45, 2.75) is 30.3 Å². The monoisotopic (exact) mass is 388 g/mol. The molecule has 0 saturated carbocycles. The Hall–Kier alpha value is -1.28. The second-order valence-corrected chi connectivity index (χ2v) is 7.18. The average molecular weight is 389 g/mol. The highest BCUT2D eigenvalue weighted by Crippen LogP contribution is 2.27. The number of thioether (sulfide) groups is 1. The molecule has 6 nitrogen and oxygen atoms in total. The Kier molecular flexibility index (Phi) is 7.36. The number of amides is 1. The molecule has 1 aromatic heterocycles. The van der Waals surface area contributed by atoms with E-state index in [4.69, 9.17) is 27.9 Å². The van der Waals surface area contributed by atoms with Gasteiger partial charge >= 0.3 is 0 Å². The van der Waals surface area contributed by atoms with Crippen LogP contribution < -0.4 is 5.32 Å². The smallest absolute Gasteiger partial charge is 0.237 e. The highest BCUT2D eigenvalue weighted by Gasteiger charge is 2.19. The number of ether oxygens (including phenoxy) is 1. The van der Waals surface area contributed by atoms with Crippen LogP contribution >= 0.6 is 35.0 Å². The van der Waals surface area contributed by atoms with Crippen LogP contribution in [0.4, 0.5) is 5.69 Å². The summed E-state index contributed by atoms with van der Waals surface area (Å²) in [6.07, 6.45) is 2.50. The molecule has 1 N–H and O–H groups in total. The fraction of sp³-hybridized carbons (Fsp3) is 0.400. The molecule has 0 aliphatic carbocycles. The van der Waals surface area contributed by atoms with E-state index in [1.165, 1.54) is 11.8 Å². The van der Waals surface area contributed by atoms with Crippen molar-refractivity contribution < 1.29 is 9.53 Å². The molecular formula is C15H18Cl2N4O2S. The number of hydrogen-bond acceptors (Lipinski definition) is 5. The molecule has 24 heavy (non-hydrogen) atoms. The Labute approximate surface area is 154 Å². The van der Waals surface area contributed by atoms with Crippen LogP contribution in [0.25, 0.3) is 0 Å². The lowest BCUT2D eigenvalue weighted by molar-refractivity contribution is -0.115. The number of nitrogens with one attached hydrogen (secondary N) is 1. The number of aryl methyl sites for hydroxylation is 1. The maximum absolute atomic E-state index is 12.4. The van der Waals surface area contributed by atoms with Gasteiger partial charge in [0.25, 0.3) is 0 Å². The number of halogens is 2. The van der Waals surface area contributed by atoms with E-state index >= 15 is 0 Å². The largest absolute Gasteiger partial charge is 0.385 e. The van der Waals surface area contributed by atoms with Crippen LogP contribution in [-0.4, -0.2) is 39.6 Å². The minimum Gasteiger partial charge on any atom is -0.385 e. The van der Waals surface area contributed by atoms with Crippen molar-refractivity contribution in [2.24, 2.45) is 0 Å². The predicted octanol–water partition coefficient (Wildman–Crippen LogP) is 3.74. The van der Waals surface area contributed by atoms with E-state index in [1.54, 1.807) is 38.6 Å². The molecule has 1 heterocycles. The summed E-state index contributed by atoms with van der Waals surface area (Å²) < 4.78 is 6.94. The summed E-state index contributed by atoms with van der Waals surface area (Å²) >= 11 is 13.3. The predicted molar refractivity (Wildman–Crippen MR) is 96.9 cm³/mol. The molecule has 0 fully saturated rings. The standard InChI is InChI=1S/C15H18Cl2N4O2S/c1-10(14(22)19-13-8-11(16)4-5-12(13)17)24-15-20-18-9-21(15)6-3-7-23-2/h4-5,8-10H,3,6-7H2,1-2H3,(H,19,22). The van der Waals surface area contributed by atoms with Gasteiger partial charge < -0.3 is 14.6 Å². The number of rotatable bonds is 8. The van der Waals surface area contributed by atoms with E-state index in [0.717, 1.165) is 13.0 Å². The normalized spacial score (nSPS) is 12.2. The molecule has 1 aromatic carbocycles. The Bertz CT molecular complexity index is 696. The van der Waals surface area contributed by atoms with Gasteiger partial charge in [0.05, 0.1) is 16.0 Å². The number of carbonyl (C=O) groups is 1. The fourth-order valence-corrected chi connectivity index (χ4v) is 3.09. The second-order valence-electron chi connectivity index (χ2n) is 5.03. The Morgan fingerprint density at radius 3 is 3.00 bits per heavy atom. The van der Waals surface area contributed by atoms with Crippen LogP contribution in [0.15, 0.2) is 29.7 Å². The van der Waals surface area contributed by atoms with E-state index in [2.05, 4.69) is 15.5 Å². The van der Waals surface area contributed by atoms with E-state index < -0.39 is 0 Å². The summed E-state index contributed by atoms with van der Waals surface area (Å²) in [7, 11) is 1.66. The second kappa shape index (κ2) is 9.27. The third-order valence-corrected chi connectivity index (χ3v) is 4.82. The molecule has 0 spiro atoms. The number of carbonyl (C=O) groups excluding carboxylic acids is 1. The zero-order chi connectivity index (χ0) is 17.5. The lowest BCUT2D eigenvalue weighted by atomic mass is 10.3. The lowest BCUT2D eigenvalue weighted by Crippen LogP contribution is -2.23. The Morgan fingerprint density at radius 2 is 2.25 bits per heavy atom. The van der Waals surface area contributed by atoms with Gasteiger partial charge in [-0.3, -0.25) is 4.79 Å². The molecule has 1 amide bonds. The molecule has 130 valence electrons. The van der Waals surface area contributed by atoms with Crippen molar-refractivity contribution >= 4 is 46.6 Å². The van der Waals surface area contributed by atoms with Crippen molar-refractivity contribution in [1.82, 2.24) is 14.8 Å². The quantitative estimate of drug-likeness (QED) is 0.550. The van der Waals surface area contributed by atoms with Gasteiger partial charge in [-0.25, -0.2) is 0 Å². The first-order chi connectivity index (χ1) is 11.5. The summed E-state index contributed by atoms with van der Waals surface area (Å²) in [5.41, 5.74) is 0.489. The molecule has 9 heteroatoms. The van der Waals surface area contributed by atoms with Crippen LogP contribution in [0.3, 0.4) is 0 Å². The van der Waals surface area contributed by atoms with Crippen molar-refractivity contribution in [3.63, 3.8) is 0 Å². The van der Waals surface area contributed by atoms with Crippen molar-refractivity contribution in [1.29, 1.82) is 0 Å². The van der Waals surface area contributed by atoms with Crippen LogP contribution in [0.5, 0.6) is 0 Å². The van der Waals surface area contributed by atoms with E-state index in [-0.39, 0.29) is 11.2 Å². The molecule has 1 atom stereocenters. The minimum atomic E-state index is -0.370. The third kappa shape index (κ3) is 5.37. The first kappa shape index (κ1) is 19.1. The van der Waals surface area contributed by atoms with Gasteiger partial charge in [-0.05, 0) is 31.5 Å². The van der Waals surface area contributed by atoms with Crippen LogP contribution in [0.2, 0.25) is 10.0 Å². The summed E-state index contributed by atoms with van der Waals surface area (Å²) in [6.45, 7) is 3.19. The Morgan fingerprint density at radius 1 is 1.46 bits per heavy atom. The van der Waals surface area contributed by atoms with Gasteiger partial charge in [0.2, 0.25) is 5.91 Å². The van der Waals surface area contributed by atoms with Gasteiger partial charge in [0.15, 0.2) is 5.16 Å². The highest BCUT2D eigenvalue weighted by molar-refractivity contribution is 8.00. The van der Waals surface area contributed by atoms with Crippen molar-refractivity contribution in [2.75, 3.05) is 19.0 Å². The summed E-state index contributed by atoms with van der Waals surface area (Å²) in [6, 6.07) is 4.93. The minimum absolute atomic E-state index is 0.185. The topological polar surface area (TPSA) is 69.0 Å². The SMILES string of the molecule is COCCCn1cnnc1SC(C)C(=O)Nc1cc(Cl)ccc1Cl. The number of aromatic nitrogens is 3. The molecule has 1 unspecified atom stereocenters. The number of hydrogen-bond donors (Lipinski definition) is 1. The maximum Gasteiger partial charge on any atom is 0.237 e. The van der Waals surface area contributed by atoms with Gasteiger partial charge in [0.1, 0.15) is 6.33 Å². The number of nitrogens with zero attached hydrogens (tertiary/aromatic N) is 3. The lowest BCUT2D eigenvalue weighted by Gasteiger charge is -2.13. The van der Waals surface area contributed by atoms with Gasteiger partial charge in [-0.2, -0.15) is 0 Å². The zero-order valence-electron chi connectivity index (χ0n) is 13.3. The van der Waals surface area contributed by atoms with Crippen LogP contribution in [0, 0.1) is 0 Å². The molecule has 2 aromatic rings. The summed E-state index contributed by atoms with van der Waals surface area (Å²) in [4.78, 5) is 12.4. The molecule has 0 saturated heterocycles. The first-order valence-corrected chi connectivity index (χ1v) is 8.94. The number of methoxy groups -OCH3 is 1. The maximum atomic E-state index is 12.4. The number of benzene rings is 1. The van der Waals surface area contributed by atoms with Gasteiger partial charge in [0, 0.05) is 25.3 Å². The summed E-state index contributed by atoms with van der Waals surface area (Å²) in [5.74, 6) is -0.185. The van der Waals surface area contributed by atoms with Crippen LogP contribution in [0.1, 0.15) is 13.3 Å². The molecule has 0 radical (unpaired) electrons. The highest BCUT2D eigenvalue weighted by atomic mass is 35.5. The van der Waals surface area contributed by atoms with Crippen LogP contribution in [-0.2, 0) is 16.1 Å². The molecule has 2 rings (SSSR count). The third-order valence-electron chi connectivity index (χ3n) is 3.17. The van der Waals surface area contributed by atoms with Gasteiger partial charge in [-0.1, -0.05) is 35.0 Å². The first-order valence-electron chi connectivity index (χ1n) is 7.30. The van der Waals surface area contributed by atoms with Gasteiger partial charge in [-0.15, -0.1) is 10.2 Å². The zero-order valence-corrected chi connectivity index (χ0v) is 15.7. The average Bonchev–Trinajstić information content (AvgIpc) is 2.98. The molecule has 0 bridgehead atoms. The van der Waals surface area contributed by atoms with Crippen molar-refractivity contribution in [3.05, 3.63) is 34.6 Å². The van der Waals surface area contributed by atoms with Crippen molar-refractivity contribution in [3.8, 4) is 0 Å². The van der Waals surface area contributed by atoms with E-state index in [9.17, 15) is 4.79 Å².